The molecule has 1 nitrogen and oxygen atoms in total. The van der Waals surface area contributed by atoms with Gasteiger partial charge >= 0.3 is 0 Å². The molecule has 88 valence electrons. The Morgan fingerprint density at radius 1 is 1.41 bits per heavy atom. The Kier molecular flexibility index (Phi) is 4.83. The van der Waals surface area contributed by atoms with Crippen molar-refractivity contribution in [3.05, 3.63) is 58.9 Å². The van der Waals surface area contributed by atoms with Crippen LogP contribution in [0.2, 0.25) is 0 Å². The van der Waals surface area contributed by atoms with Gasteiger partial charge in [0.1, 0.15) is 0 Å². The number of hydrogen-bond donors (Lipinski definition) is 0. The molecule has 1 aliphatic heterocycles. The zero-order chi connectivity index (χ0) is 12.1. The Balaban J connectivity index is 1.86. The van der Waals surface area contributed by atoms with Crippen molar-refractivity contribution < 1.29 is 4.79 Å². The highest BCUT2D eigenvalue weighted by molar-refractivity contribution is 8.23. The molecule has 0 radical (unpaired) electrons. The smallest absolute Gasteiger partial charge is 0.211 e. The van der Waals surface area contributed by atoms with Crippen LogP contribution in [0.3, 0.4) is 0 Å². The summed E-state index contributed by atoms with van der Waals surface area (Å²) in [6.07, 6.45) is 1.37. The minimum absolute atomic E-state index is 0.0414. The van der Waals surface area contributed by atoms with Gasteiger partial charge in [0.25, 0.3) is 0 Å². The van der Waals surface area contributed by atoms with Crippen LogP contribution in [0.4, 0.5) is 0 Å². The summed E-state index contributed by atoms with van der Waals surface area (Å²) < 4.78 is 0.436. The number of thioether (sulfide) groups is 3. The minimum atomic E-state index is 0.0414. The van der Waals surface area contributed by atoms with Crippen LogP contribution >= 0.6 is 35.3 Å². The predicted molar refractivity (Wildman–Crippen MR) is 80.1 cm³/mol. The number of benzene rings is 1. The molecule has 1 aromatic carbocycles. The fourth-order valence-electron chi connectivity index (χ4n) is 1.36. The minimum Gasteiger partial charge on any atom is -0.282 e. The third-order valence-corrected chi connectivity index (χ3v) is 6.03. The van der Waals surface area contributed by atoms with Gasteiger partial charge in [-0.25, -0.2) is 0 Å². The maximum Gasteiger partial charge on any atom is 0.211 e. The van der Waals surface area contributed by atoms with Crippen LogP contribution in [-0.4, -0.2) is 10.9 Å². The SMILES string of the molecule is C=CC(=O)SCC1=CSC(c2ccccc2)S1. The molecule has 0 fully saturated rings. The zero-order valence-electron chi connectivity index (χ0n) is 9.17. The Hall–Kier alpha value is -0.580. The van der Waals surface area contributed by atoms with E-state index in [1.165, 1.54) is 28.3 Å². The summed E-state index contributed by atoms with van der Waals surface area (Å²) in [6.45, 7) is 3.47. The highest BCUT2D eigenvalue weighted by Gasteiger charge is 2.20. The maximum absolute atomic E-state index is 11.1. The monoisotopic (exact) mass is 280 g/mol. The van der Waals surface area contributed by atoms with Crippen LogP contribution in [-0.2, 0) is 4.79 Å². The van der Waals surface area contributed by atoms with Gasteiger partial charge in [0.2, 0.25) is 5.12 Å². The summed E-state index contributed by atoms with van der Waals surface area (Å²) in [5.74, 6) is 0.756. The van der Waals surface area contributed by atoms with E-state index >= 15 is 0 Å². The first-order valence-corrected chi connectivity index (χ1v) is 7.95. The first-order valence-electron chi connectivity index (χ1n) is 5.15. The van der Waals surface area contributed by atoms with Crippen molar-refractivity contribution in [3.63, 3.8) is 0 Å². The Bertz CT molecular complexity index is 439. The standard InChI is InChI=1S/C13H12OS3/c1-2-12(14)15-8-11-9-16-13(17-11)10-6-4-3-5-7-10/h2-7,9,13H,1,8H2. The largest absolute Gasteiger partial charge is 0.282 e. The molecular formula is C13H12OS3. The van der Waals surface area contributed by atoms with E-state index in [0.29, 0.717) is 4.58 Å². The predicted octanol–water partition coefficient (Wildman–Crippen LogP) is 4.45. The fourth-order valence-corrected chi connectivity index (χ4v) is 4.79. The highest BCUT2D eigenvalue weighted by Crippen LogP contribution is 2.51. The molecule has 0 amide bonds. The molecule has 0 aliphatic carbocycles. The molecule has 17 heavy (non-hydrogen) atoms. The van der Waals surface area contributed by atoms with E-state index in [2.05, 4.69) is 36.3 Å². The van der Waals surface area contributed by atoms with Crippen molar-refractivity contribution in [1.82, 2.24) is 0 Å². The van der Waals surface area contributed by atoms with Gasteiger partial charge in [-0.3, -0.25) is 4.79 Å². The summed E-state index contributed by atoms with van der Waals surface area (Å²) in [5, 5.41) is 2.20. The molecule has 1 aliphatic rings. The molecule has 1 heterocycles. The van der Waals surface area contributed by atoms with E-state index in [0.717, 1.165) is 5.75 Å². The Morgan fingerprint density at radius 2 is 2.18 bits per heavy atom. The lowest BCUT2D eigenvalue weighted by atomic mass is 10.2. The van der Waals surface area contributed by atoms with Crippen molar-refractivity contribution in [2.24, 2.45) is 0 Å². The van der Waals surface area contributed by atoms with E-state index < -0.39 is 0 Å². The third kappa shape index (κ3) is 3.69. The lowest BCUT2D eigenvalue weighted by molar-refractivity contribution is -0.107. The van der Waals surface area contributed by atoms with Crippen LogP contribution in [0.1, 0.15) is 10.1 Å². The molecular weight excluding hydrogens is 268 g/mol. The van der Waals surface area contributed by atoms with Gasteiger partial charge in [-0.1, -0.05) is 48.7 Å². The van der Waals surface area contributed by atoms with Gasteiger partial charge in [0.15, 0.2) is 0 Å². The molecule has 0 N–H and O–H groups in total. The Morgan fingerprint density at radius 3 is 2.88 bits per heavy atom. The second-order valence-electron chi connectivity index (χ2n) is 3.39. The normalized spacial score (nSPS) is 18.8. The molecule has 0 aromatic heterocycles. The molecule has 1 atom stereocenters. The number of rotatable bonds is 4. The summed E-state index contributed by atoms with van der Waals surface area (Å²) >= 11 is 4.96. The summed E-state index contributed by atoms with van der Waals surface area (Å²) in [5.41, 5.74) is 1.33. The van der Waals surface area contributed by atoms with Crippen LogP contribution in [0.5, 0.6) is 0 Å². The van der Waals surface area contributed by atoms with Crippen LogP contribution in [0.25, 0.3) is 0 Å². The van der Waals surface area contributed by atoms with Crippen LogP contribution in [0, 0.1) is 0 Å². The second-order valence-corrected chi connectivity index (χ2v) is 6.88. The molecule has 0 spiro atoms. The average molecular weight is 280 g/mol. The zero-order valence-corrected chi connectivity index (χ0v) is 11.6. The number of hydrogen-bond acceptors (Lipinski definition) is 4. The van der Waals surface area contributed by atoms with E-state index in [4.69, 9.17) is 0 Å². The van der Waals surface area contributed by atoms with Crippen molar-refractivity contribution in [2.75, 3.05) is 5.75 Å². The second kappa shape index (κ2) is 6.38. The van der Waals surface area contributed by atoms with E-state index in [1.807, 2.05) is 29.6 Å². The van der Waals surface area contributed by atoms with E-state index in [1.54, 1.807) is 0 Å². The Labute approximate surface area is 114 Å². The number of carbonyl (C=O) groups excluding carboxylic acids is 1. The van der Waals surface area contributed by atoms with Gasteiger partial charge in [0.05, 0.1) is 4.58 Å². The topological polar surface area (TPSA) is 17.1 Å². The molecule has 1 aromatic rings. The molecule has 0 saturated heterocycles. The van der Waals surface area contributed by atoms with Crippen molar-refractivity contribution in [1.29, 1.82) is 0 Å². The first kappa shape index (κ1) is 12.9. The van der Waals surface area contributed by atoms with Crippen molar-refractivity contribution in [2.45, 2.75) is 4.58 Å². The molecule has 0 saturated carbocycles. The van der Waals surface area contributed by atoms with Crippen molar-refractivity contribution in [3.8, 4) is 0 Å². The summed E-state index contributed by atoms with van der Waals surface area (Å²) in [4.78, 5) is 12.4. The summed E-state index contributed by atoms with van der Waals surface area (Å²) in [6, 6.07) is 10.4. The highest BCUT2D eigenvalue weighted by atomic mass is 32.2. The van der Waals surface area contributed by atoms with Crippen LogP contribution < -0.4 is 0 Å². The van der Waals surface area contributed by atoms with Gasteiger partial charge in [-0.2, -0.15) is 0 Å². The molecule has 0 bridgehead atoms. The van der Waals surface area contributed by atoms with Crippen LogP contribution in [0.15, 0.2) is 53.3 Å². The van der Waals surface area contributed by atoms with E-state index in [-0.39, 0.29) is 5.12 Å². The van der Waals surface area contributed by atoms with Gasteiger partial charge in [-0.15, -0.1) is 23.5 Å². The maximum atomic E-state index is 11.1. The number of carbonyl (C=O) groups is 1. The van der Waals surface area contributed by atoms with Gasteiger partial charge < -0.3 is 0 Å². The molecule has 4 heteroatoms. The van der Waals surface area contributed by atoms with E-state index in [9.17, 15) is 4.79 Å². The first-order chi connectivity index (χ1) is 8.29. The lowest BCUT2D eigenvalue weighted by Crippen LogP contribution is -1.89. The average Bonchev–Trinajstić information content (AvgIpc) is 2.86. The molecule has 1 unspecified atom stereocenters. The van der Waals surface area contributed by atoms with Crippen molar-refractivity contribution >= 4 is 40.4 Å². The summed E-state index contributed by atoms with van der Waals surface area (Å²) in [7, 11) is 0. The third-order valence-electron chi connectivity index (χ3n) is 2.18. The molecule has 2 rings (SSSR count). The van der Waals surface area contributed by atoms with Gasteiger partial charge in [0, 0.05) is 10.7 Å². The fraction of sp³-hybridized carbons (Fsp3) is 0.154. The quantitative estimate of drug-likeness (QED) is 0.757. The van der Waals surface area contributed by atoms with Gasteiger partial charge in [-0.05, 0) is 17.0 Å². The lowest BCUT2D eigenvalue weighted by Gasteiger charge is -2.08.